The maximum Gasteiger partial charge on any atom is 0.267 e. The normalized spacial score (nSPS) is 19.8. The number of phenols is 1. The summed E-state index contributed by atoms with van der Waals surface area (Å²) >= 11 is 0. The van der Waals surface area contributed by atoms with Crippen molar-refractivity contribution in [2.24, 2.45) is 0 Å². The first kappa shape index (κ1) is 15.2. The standard InChI is InChI=1S/C16H23F2NO/c1-10(2)11-7-12(8-13-5-3-4-6-19-13)15(20)14(9-11)16(17)18/h7,9-10,13,16,19-20H,3-6,8H2,1-2H3. The third kappa shape index (κ3) is 3.48. The average Bonchev–Trinajstić information content (AvgIpc) is 2.41. The highest BCUT2D eigenvalue weighted by Gasteiger charge is 2.21. The Kier molecular flexibility index (Phi) is 4.97. The van der Waals surface area contributed by atoms with E-state index in [0.29, 0.717) is 12.0 Å². The van der Waals surface area contributed by atoms with Crippen LogP contribution in [0.5, 0.6) is 5.75 Å². The van der Waals surface area contributed by atoms with Gasteiger partial charge in [-0.05, 0) is 48.9 Å². The summed E-state index contributed by atoms with van der Waals surface area (Å²) in [4.78, 5) is 0. The Bertz CT molecular complexity index is 454. The van der Waals surface area contributed by atoms with Gasteiger partial charge in [-0.2, -0.15) is 0 Å². The first-order valence-electron chi connectivity index (χ1n) is 7.36. The van der Waals surface area contributed by atoms with E-state index >= 15 is 0 Å². The van der Waals surface area contributed by atoms with E-state index in [-0.39, 0.29) is 23.3 Å². The number of piperidine rings is 1. The summed E-state index contributed by atoms with van der Waals surface area (Å²) in [5.74, 6) is -0.0528. The molecule has 0 bridgehead atoms. The van der Waals surface area contributed by atoms with Crippen molar-refractivity contribution in [2.75, 3.05) is 6.54 Å². The number of benzene rings is 1. The summed E-state index contributed by atoms with van der Waals surface area (Å²) in [6, 6.07) is 3.59. The zero-order valence-electron chi connectivity index (χ0n) is 12.1. The van der Waals surface area contributed by atoms with E-state index in [2.05, 4.69) is 5.32 Å². The number of halogens is 2. The fourth-order valence-electron chi connectivity index (χ4n) is 2.76. The van der Waals surface area contributed by atoms with E-state index in [1.807, 2.05) is 19.9 Å². The summed E-state index contributed by atoms with van der Waals surface area (Å²) in [7, 11) is 0. The Balaban J connectivity index is 2.29. The van der Waals surface area contributed by atoms with Crippen LogP contribution in [0.2, 0.25) is 0 Å². The van der Waals surface area contributed by atoms with Crippen LogP contribution in [0.4, 0.5) is 8.78 Å². The predicted octanol–water partition coefficient (Wildman–Crippen LogP) is 4.14. The smallest absolute Gasteiger partial charge is 0.267 e. The molecule has 1 aromatic carbocycles. The number of hydrogen-bond donors (Lipinski definition) is 2. The number of aromatic hydroxyl groups is 1. The minimum atomic E-state index is -2.63. The molecule has 2 rings (SSSR count). The molecule has 0 aromatic heterocycles. The maximum atomic E-state index is 13.1. The number of alkyl halides is 2. The molecule has 1 aliphatic heterocycles. The molecule has 1 aromatic rings. The number of phenolic OH excluding ortho intramolecular Hbond substituents is 1. The Morgan fingerprint density at radius 2 is 2.05 bits per heavy atom. The average molecular weight is 283 g/mol. The van der Waals surface area contributed by atoms with E-state index < -0.39 is 6.43 Å². The van der Waals surface area contributed by atoms with Crippen LogP contribution in [0.15, 0.2) is 12.1 Å². The van der Waals surface area contributed by atoms with Crippen molar-refractivity contribution in [3.8, 4) is 5.75 Å². The second kappa shape index (κ2) is 6.53. The predicted molar refractivity (Wildman–Crippen MR) is 76.5 cm³/mol. The zero-order chi connectivity index (χ0) is 14.7. The molecule has 0 aliphatic carbocycles. The summed E-state index contributed by atoms with van der Waals surface area (Å²) < 4.78 is 26.1. The fourth-order valence-corrected chi connectivity index (χ4v) is 2.76. The van der Waals surface area contributed by atoms with Gasteiger partial charge in [-0.25, -0.2) is 8.78 Å². The van der Waals surface area contributed by atoms with E-state index in [1.165, 1.54) is 6.07 Å². The highest BCUT2D eigenvalue weighted by atomic mass is 19.3. The van der Waals surface area contributed by atoms with Crippen LogP contribution in [-0.4, -0.2) is 17.7 Å². The second-order valence-corrected chi connectivity index (χ2v) is 5.92. The van der Waals surface area contributed by atoms with Crippen LogP contribution in [0.1, 0.15) is 62.1 Å². The van der Waals surface area contributed by atoms with Crippen molar-refractivity contribution in [3.05, 3.63) is 28.8 Å². The Labute approximate surface area is 119 Å². The van der Waals surface area contributed by atoms with Gasteiger partial charge in [0.1, 0.15) is 5.75 Å². The van der Waals surface area contributed by atoms with Gasteiger partial charge in [0.2, 0.25) is 0 Å². The van der Waals surface area contributed by atoms with Gasteiger partial charge >= 0.3 is 0 Å². The molecule has 0 saturated carbocycles. The van der Waals surface area contributed by atoms with Gasteiger partial charge in [0.15, 0.2) is 0 Å². The summed E-state index contributed by atoms with van der Waals surface area (Å²) in [6.45, 7) is 4.92. The molecule has 2 N–H and O–H groups in total. The summed E-state index contributed by atoms with van der Waals surface area (Å²) in [6.07, 6.45) is 1.34. The minimum absolute atomic E-state index is 0.172. The van der Waals surface area contributed by atoms with E-state index in [1.54, 1.807) is 0 Å². The third-order valence-electron chi connectivity index (χ3n) is 4.02. The SMILES string of the molecule is CC(C)c1cc(CC2CCCCN2)c(O)c(C(F)F)c1. The molecule has 1 unspecified atom stereocenters. The zero-order valence-corrected chi connectivity index (χ0v) is 12.1. The van der Waals surface area contributed by atoms with Crippen molar-refractivity contribution in [1.29, 1.82) is 0 Å². The van der Waals surface area contributed by atoms with Crippen LogP contribution in [0.3, 0.4) is 0 Å². The lowest BCUT2D eigenvalue weighted by Gasteiger charge is -2.24. The molecule has 1 aliphatic rings. The van der Waals surface area contributed by atoms with Crippen LogP contribution < -0.4 is 5.32 Å². The fraction of sp³-hybridized carbons (Fsp3) is 0.625. The topological polar surface area (TPSA) is 32.3 Å². The van der Waals surface area contributed by atoms with Crippen LogP contribution in [-0.2, 0) is 6.42 Å². The largest absolute Gasteiger partial charge is 0.507 e. The van der Waals surface area contributed by atoms with Crippen LogP contribution in [0, 0.1) is 0 Å². The van der Waals surface area contributed by atoms with E-state index in [9.17, 15) is 13.9 Å². The molecule has 1 atom stereocenters. The van der Waals surface area contributed by atoms with Crippen molar-refractivity contribution < 1.29 is 13.9 Å². The highest BCUT2D eigenvalue weighted by molar-refractivity contribution is 5.45. The lowest BCUT2D eigenvalue weighted by atomic mass is 9.91. The van der Waals surface area contributed by atoms with E-state index in [0.717, 1.165) is 31.4 Å². The third-order valence-corrected chi connectivity index (χ3v) is 4.02. The molecule has 112 valence electrons. The van der Waals surface area contributed by atoms with Crippen molar-refractivity contribution >= 4 is 0 Å². The number of rotatable bonds is 4. The highest BCUT2D eigenvalue weighted by Crippen LogP contribution is 2.35. The molecule has 20 heavy (non-hydrogen) atoms. The first-order valence-corrected chi connectivity index (χ1v) is 7.36. The monoisotopic (exact) mass is 283 g/mol. The van der Waals surface area contributed by atoms with Gasteiger partial charge in [-0.3, -0.25) is 0 Å². The van der Waals surface area contributed by atoms with Gasteiger partial charge < -0.3 is 10.4 Å². The Morgan fingerprint density at radius 3 is 2.60 bits per heavy atom. The van der Waals surface area contributed by atoms with Crippen molar-refractivity contribution in [2.45, 2.75) is 57.9 Å². The molecular formula is C16H23F2NO. The summed E-state index contributed by atoms with van der Waals surface area (Å²) in [5, 5.41) is 13.5. The summed E-state index contributed by atoms with van der Waals surface area (Å²) in [5.41, 5.74) is 1.27. The molecule has 1 heterocycles. The Morgan fingerprint density at radius 1 is 1.30 bits per heavy atom. The van der Waals surface area contributed by atoms with Gasteiger partial charge in [0, 0.05) is 6.04 Å². The minimum Gasteiger partial charge on any atom is -0.507 e. The lowest BCUT2D eigenvalue weighted by Crippen LogP contribution is -2.35. The van der Waals surface area contributed by atoms with Crippen molar-refractivity contribution in [1.82, 2.24) is 5.32 Å². The molecule has 1 fully saturated rings. The van der Waals surface area contributed by atoms with E-state index in [4.69, 9.17) is 0 Å². The molecule has 4 heteroatoms. The Hall–Kier alpha value is -1.16. The number of hydrogen-bond acceptors (Lipinski definition) is 2. The van der Waals surface area contributed by atoms with Gasteiger partial charge in [0.05, 0.1) is 5.56 Å². The molecule has 0 spiro atoms. The van der Waals surface area contributed by atoms with Gasteiger partial charge in [-0.1, -0.05) is 26.3 Å². The maximum absolute atomic E-state index is 13.1. The molecule has 2 nitrogen and oxygen atoms in total. The molecule has 0 amide bonds. The van der Waals surface area contributed by atoms with Crippen molar-refractivity contribution in [3.63, 3.8) is 0 Å². The molecular weight excluding hydrogens is 260 g/mol. The second-order valence-electron chi connectivity index (χ2n) is 5.92. The van der Waals surface area contributed by atoms with Crippen LogP contribution in [0.25, 0.3) is 0 Å². The van der Waals surface area contributed by atoms with Gasteiger partial charge in [-0.15, -0.1) is 0 Å². The molecule has 1 saturated heterocycles. The lowest BCUT2D eigenvalue weighted by molar-refractivity contribution is 0.147. The quantitative estimate of drug-likeness (QED) is 0.870. The first-order chi connectivity index (χ1) is 9.49. The van der Waals surface area contributed by atoms with Crippen LogP contribution >= 0.6 is 0 Å². The molecule has 0 radical (unpaired) electrons. The number of nitrogens with one attached hydrogen (secondary N) is 1. The van der Waals surface area contributed by atoms with Gasteiger partial charge in [0.25, 0.3) is 6.43 Å².